The van der Waals surface area contributed by atoms with Gasteiger partial charge < -0.3 is 12.6 Å². The Morgan fingerprint density at radius 1 is 1.43 bits per heavy atom. The SMILES string of the molecule is N#C[S-].[Br][Fe]([Br])[Br]. The molecule has 0 atom stereocenters. The number of hydrogen-bond acceptors (Lipinski definition) is 2. The first-order valence-corrected chi connectivity index (χ1v) is 9.42. The van der Waals surface area contributed by atoms with Gasteiger partial charge in [0.05, 0.1) is 0 Å². The van der Waals surface area contributed by atoms with Crippen LogP contribution < -0.4 is 0 Å². The molecule has 7 heavy (non-hydrogen) atoms. The third kappa shape index (κ3) is 88.4. The number of hydrogen-bond donors (Lipinski definition) is 0. The van der Waals surface area contributed by atoms with E-state index in [1.54, 1.807) is 0 Å². The van der Waals surface area contributed by atoms with E-state index in [0.29, 0.717) is 0 Å². The minimum absolute atomic E-state index is 0.312. The summed E-state index contributed by atoms with van der Waals surface area (Å²) in [6.07, 6.45) is 0. The molecule has 0 aromatic rings. The van der Waals surface area contributed by atoms with Crippen LogP contribution in [0.3, 0.4) is 0 Å². The first kappa shape index (κ1) is 11.5. The Hall–Kier alpha value is 1.67. The van der Waals surface area contributed by atoms with Crippen LogP contribution in [0.1, 0.15) is 0 Å². The third-order valence-corrected chi connectivity index (χ3v) is 0. The molecule has 0 aliphatic carbocycles. The van der Waals surface area contributed by atoms with Crippen LogP contribution in [0.25, 0.3) is 0 Å². The van der Waals surface area contributed by atoms with Gasteiger partial charge in [0.2, 0.25) is 0 Å². The van der Waals surface area contributed by atoms with Gasteiger partial charge in [-0.15, -0.1) is 0 Å². The van der Waals surface area contributed by atoms with Crippen molar-refractivity contribution in [3.8, 4) is 5.40 Å². The number of nitrogens with zero attached hydrogens (tertiary/aromatic N) is 1. The third-order valence-electron chi connectivity index (χ3n) is 0. The van der Waals surface area contributed by atoms with Crippen molar-refractivity contribution >= 4 is 55.0 Å². The van der Waals surface area contributed by atoms with Crippen LogP contribution in [-0.2, 0) is 21.1 Å². The van der Waals surface area contributed by atoms with Crippen LogP contribution in [-0.4, -0.2) is 0 Å². The number of halogens is 3. The van der Waals surface area contributed by atoms with Crippen molar-refractivity contribution in [2.75, 3.05) is 0 Å². The van der Waals surface area contributed by atoms with E-state index in [0.717, 1.165) is 0 Å². The van der Waals surface area contributed by atoms with Crippen molar-refractivity contribution in [1.82, 2.24) is 0 Å². The van der Waals surface area contributed by atoms with Gasteiger partial charge in [-0.2, -0.15) is 0 Å². The minimum atomic E-state index is -0.312. The summed E-state index contributed by atoms with van der Waals surface area (Å²) >= 11 is 13.3. The Balaban J connectivity index is 0. The summed E-state index contributed by atoms with van der Waals surface area (Å²) in [5, 5.41) is 8.47. The van der Waals surface area contributed by atoms with Gasteiger partial charge in [-0.05, 0) is 0 Å². The fraction of sp³-hybridized carbons (Fsp3) is 0. The van der Waals surface area contributed by atoms with Gasteiger partial charge in [-0.1, -0.05) is 5.40 Å². The fourth-order valence-electron chi connectivity index (χ4n) is 0. The molecule has 0 fully saturated rings. The van der Waals surface area contributed by atoms with E-state index in [2.05, 4.69) is 55.0 Å². The maximum atomic E-state index is 7.13. The van der Waals surface area contributed by atoms with E-state index in [1.807, 2.05) is 0 Å². The van der Waals surface area contributed by atoms with E-state index < -0.39 is 0 Å². The van der Waals surface area contributed by atoms with Crippen LogP contribution in [0.5, 0.6) is 0 Å². The Morgan fingerprint density at radius 3 is 1.43 bits per heavy atom. The van der Waals surface area contributed by atoms with Gasteiger partial charge in [0.15, 0.2) is 0 Å². The van der Waals surface area contributed by atoms with E-state index in [-0.39, 0.29) is 8.48 Å². The van der Waals surface area contributed by atoms with Crippen molar-refractivity contribution in [1.29, 1.82) is 5.26 Å². The van der Waals surface area contributed by atoms with Gasteiger partial charge in [0, 0.05) is 0 Å². The first-order valence-electron chi connectivity index (χ1n) is 0.829. The molecule has 0 unspecified atom stereocenters. The number of rotatable bonds is 0. The van der Waals surface area contributed by atoms with Crippen molar-refractivity contribution in [2.24, 2.45) is 0 Å². The zero-order valence-electron chi connectivity index (χ0n) is 2.84. The van der Waals surface area contributed by atoms with Crippen LogP contribution in [0, 0.1) is 10.7 Å². The molecule has 0 aromatic carbocycles. The van der Waals surface area contributed by atoms with Crippen molar-refractivity contribution in [3.05, 3.63) is 0 Å². The Morgan fingerprint density at radius 2 is 1.43 bits per heavy atom. The van der Waals surface area contributed by atoms with E-state index in [4.69, 9.17) is 5.26 Å². The van der Waals surface area contributed by atoms with Gasteiger partial charge in [-0.3, -0.25) is 0 Å². The predicted molar refractivity (Wildman–Crippen MR) is 39.8 cm³/mol. The molecule has 0 aromatic heterocycles. The summed E-state index contributed by atoms with van der Waals surface area (Å²) in [6, 6.07) is 0. The van der Waals surface area contributed by atoms with Crippen LogP contribution in [0.15, 0.2) is 0 Å². The molecule has 0 radical (unpaired) electrons. The van der Waals surface area contributed by atoms with Crippen molar-refractivity contribution in [2.45, 2.75) is 0 Å². The standard InChI is InChI=1S/CHNS.3BrH.Fe/c2-1-3;;;;/h3H;3*1H;/q;;;;+3/p-4. The maximum absolute atomic E-state index is 7.13. The van der Waals surface area contributed by atoms with Crippen LogP contribution in [0.2, 0.25) is 0 Å². The van der Waals surface area contributed by atoms with Gasteiger partial charge in [0.25, 0.3) is 0 Å². The Bertz CT molecular complexity index is 57.7. The molecule has 0 saturated heterocycles. The fourth-order valence-corrected chi connectivity index (χ4v) is 0. The van der Waals surface area contributed by atoms with Gasteiger partial charge >= 0.3 is 50.8 Å². The second-order valence-electron chi connectivity index (χ2n) is 0.243. The zero-order chi connectivity index (χ0) is 6.28. The quantitative estimate of drug-likeness (QED) is 0.380. The molecule has 0 N–H and O–H groups in total. The van der Waals surface area contributed by atoms with E-state index >= 15 is 0 Å². The summed E-state index contributed by atoms with van der Waals surface area (Å²) in [4.78, 5) is 0. The molecule has 0 amide bonds. The number of nitriles is 1. The van der Waals surface area contributed by atoms with Crippen LogP contribution >= 0.6 is 42.3 Å². The summed E-state index contributed by atoms with van der Waals surface area (Å²) in [5.41, 5.74) is 0. The predicted octanol–water partition coefficient (Wildman–Crippen LogP) is 2.55. The molecule has 0 saturated carbocycles. The normalized spacial score (nSPS) is 7.43. The van der Waals surface area contributed by atoms with Gasteiger partial charge in [-0.25, -0.2) is 5.26 Å². The molecule has 0 rings (SSSR count). The van der Waals surface area contributed by atoms with E-state index in [1.165, 1.54) is 5.40 Å². The molecule has 0 aliphatic heterocycles. The molecule has 0 heterocycles. The molecular formula is CBr3FeNS-. The average Bonchev–Trinajstić information content (AvgIpc) is 1.33. The summed E-state index contributed by atoms with van der Waals surface area (Å²) in [5.74, 6) is 0. The Kier molecular flexibility index (Phi) is 17.4. The Labute approximate surface area is 73.2 Å². The molecule has 6 heteroatoms. The zero-order valence-corrected chi connectivity index (χ0v) is 9.52. The van der Waals surface area contributed by atoms with E-state index in [9.17, 15) is 0 Å². The van der Waals surface area contributed by atoms with Crippen molar-refractivity contribution in [3.63, 3.8) is 0 Å². The topological polar surface area (TPSA) is 23.8 Å². The van der Waals surface area contributed by atoms with Crippen LogP contribution in [0.4, 0.5) is 0 Å². The monoisotopic (exact) mass is 351 g/mol. The summed E-state index contributed by atoms with van der Waals surface area (Å²) in [6.45, 7) is 0. The molecule has 1 nitrogen and oxygen atoms in total. The molecule has 0 spiro atoms. The second kappa shape index (κ2) is 10.6. The second-order valence-corrected chi connectivity index (χ2v) is 17.1. The molecule has 0 bridgehead atoms. The van der Waals surface area contributed by atoms with Crippen molar-refractivity contribution < 1.29 is 8.48 Å². The first-order chi connectivity index (χ1) is 3.15. The van der Waals surface area contributed by atoms with Gasteiger partial charge in [0.1, 0.15) is 0 Å². The molecular weight excluding hydrogens is 354 g/mol. The average molecular weight is 354 g/mol. The molecule has 45 valence electrons. The summed E-state index contributed by atoms with van der Waals surface area (Å²) < 4.78 is 0. The summed E-state index contributed by atoms with van der Waals surface area (Å²) in [7, 11) is -0.312. The number of thiocyanates is 1. The molecule has 0 aliphatic rings.